The van der Waals surface area contributed by atoms with Crippen LogP contribution < -0.4 is 10.2 Å². The molecule has 9 heteroatoms. The first-order valence-electron chi connectivity index (χ1n) is 9.20. The van der Waals surface area contributed by atoms with Gasteiger partial charge in [-0.15, -0.1) is 0 Å². The van der Waals surface area contributed by atoms with Gasteiger partial charge in [0.15, 0.2) is 0 Å². The normalized spacial score (nSPS) is 14.6. The lowest BCUT2D eigenvalue weighted by Gasteiger charge is -2.33. The molecule has 154 valence electrons. The smallest absolute Gasteiger partial charge is 0.244 e. The molecule has 0 saturated carbocycles. The van der Waals surface area contributed by atoms with Gasteiger partial charge >= 0.3 is 0 Å². The molecule has 0 radical (unpaired) electrons. The van der Waals surface area contributed by atoms with Crippen molar-refractivity contribution in [2.45, 2.75) is 12.8 Å². The van der Waals surface area contributed by atoms with Crippen molar-refractivity contribution in [3.63, 3.8) is 0 Å². The summed E-state index contributed by atoms with van der Waals surface area (Å²) in [5.74, 6) is 0.331. The van der Waals surface area contributed by atoms with Crippen LogP contribution >= 0.6 is 34.8 Å². The van der Waals surface area contributed by atoms with Gasteiger partial charge in [0.25, 0.3) is 0 Å². The average Bonchev–Trinajstić information content (AvgIpc) is 2.71. The van der Waals surface area contributed by atoms with Crippen molar-refractivity contribution < 1.29 is 9.59 Å². The van der Waals surface area contributed by atoms with E-state index in [1.165, 1.54) is 4.90 Å². The third-order valence-corrected chi connectivity index (χ3v) is 5.72. The predicted octanol–water partition coefficient (Wildman–Crippen LogP) is 4.36. The van der Waals surface area contributed by atoms with Crippen LogP contribution in [0.4, 0.5) is 11.5 Å². The Bertz CT molecular complexity index is 864. The number of nitrogens with zero attached hydrogens (tertiary/aromatic N) is 3. The minimum atomic E-state index is -0.348. The zero-order valence-electron chi connectivity index (χ0n) is 15.9. The Kier molecular flexibility index (Phi) is 7.22. The third kappa shape index (κ3) is 5.53. The van der Waals surface area contributed by atoms with Crippen molar-refractivity contribution >= 4 is 58.1 Å². The molecule has 29 heavy (non-hydrogen) atoms. The van der Waals surface area contributed by atoms with Gasteiger partial charge in [-0.1, -0.05) is 40.9 Å². The summed E-state index contributed by atoms with van der Waals surface area (Å²) >= 11 is 18.0. The second-order valence-electron chi connectivity index (χ2n) is 6.94. The Balaban J connectivity index is 1.51. The van der Waals surface area contributed by atoms with Crippen molar-refractivity contribution in [1.29, 1.82) is 0 Å². The number of hydrogen-bond acceptors (Lipinski definition) is 4. The number of likely N-dealkylation sites (N-methyl/N-ethyl adjacent to an activating group) is 1. The van der Waals surface area contributed by atoms with E-state index in [1.807, 2.05) is 6.07 Å². The van der Waals surface area contributed by atoms with Gasteiger partial charge in [-0.05, 0) is 37.1 Å². The maximum atomic E-state index is 12.7. The van der Waals surface area contributed by atoms with Crippen LogP contribution in [0.2, 0.25) is 15.1 Å². The van der Waals surface area contributed by atoms with Gasteiger partial charge in [0, 0.05) is 32.3 Å². The number of carbonyl (C=O) groups is 2. The van der Waals surface area contributed by atoms with Crippen LogP contribution in [-0.4, -0.2) is 48.4 Å². The molecule has 1 N–H and O–H groups in total. The maximum Gasteiger partial charge on any atom is 0.244 e. The number of anilines is 2. The van der Waals surface area contributed by atoms with E-state index in [1.54, 1.807) is 37.5 Å². The molecule has 0 aliphatic carbocycles. The fourth-order valence-electron chi connectivity index (χ4n) is 3.31. The molecule has 1 fully saturated rings. The molecule has 3 rings (SSSR count). The fraction of sp³-hybridized carbons (Fsp3) is 0.350. The van der Waals surface area contributed by atoms with E-state index in [0.717, 1.165) is 18.9 Å². The van der Waals surface area contributed by atoms with Crippen molar-refractivity contribution in [1.82, 2.24) is 9.88 Å². The van der Waals surface area contributed by atoms with Crippen LogP contribution in [0.15, 0.2) is 36.5 Å². The van der Waals surface area contributed by atoms with Crippen molar-refractivity contribution in [2.24, 2.45) is 5.92 Å². The van der Waals surface area contributed by atoms with E-state index in [-0.39, 0.29) is 24.3 Å². The van der Waals surface area contributed by atoms with Crippen molar-refractivity contribution in [3.05, 3.63) is 51.6 Å². The molecule has 1 aliphatic rings. The summed E-state index contributed by atoms with van der Waals surface area (Å²) < 4.78 is 0. The number of pyridine rings is 1. The van der Waals surface area contributed by atoms with E-state index in [0.29, 0.717) is 33.6 Å². The first kappa shape index (κ1) is 21.7. The SMILES string of the molecule is CN(CC(=O)Nc1c(Cl)cccc1Cl)C(=O)C1CCN(c2ccc(Cl)cn2)CC1. The van der Waals surface area contributed by atoms with Crippen LogP contribution in [-0.2, 0) is 9.59 Å². The number of nitrogens with one attached hydrogen (secondary N) is 1. The molecule has 0 bridgehead atoms. The van der Waals surface area contributed by atoms with Gasteiger partial charge in [0.2, 0.25) is 11.8 Å². The minimum Gasteiger partial charge on any atom is -0.357 e. The molecular formula is C20H21Cl3N4O2. The summed E-state index contributed by atoms with van der Waals surface area (Å²) in [5, 5.41) is 3.97. The molecule has 1 saturated heterocycles. The highest BCUT2D eigenvalue weighted by Crippen LogP contribution is 2.30. The summed E-state index contributed by atoms with van der Waals surface area (Å²) in [4.78, 5) is 33.0. The molecule has 2 aromatic rings. The second-order valence-corrected chi connectivity index (χ2v) is 8.19. The quantitative estimate of drug-likeness (QED) is 0.728. The van der Waals surface area contributed by atoms with Gasteiger partial charge in [0.1, 0.15) is 5.82 Å². The summed E-state index contributed by atoms with van der Waals surface area (Å²) in [6.07, 6.45) is 3.02. The van der Waals surface area contributed by atoms with Crippen LogP contribution in [0.25, 0.3) is 0 Å². The maximum absolute atomic E-state index is 12.7. The summed E-state index contributed by atoms with van der Waals surface area (Å²) in [7, 11) is 1.63. The molecule has 6 nitrogen and oxygen atoms in total. The molecule has 2 heterocycles. The van der Waals surface area contributed by atoms with E-state index in [9.17, 15) is 9.59 Å². The van der Waals surface area contributed by atoms with E-state index < -0.39 is 0 Å². The summed E-state index contributed by atoms with van der Waals surface area (Å²) in [6, 6.07) is 8.66. The number of halogens is 3. The highest BCUT2D eigenvalue weighted by atomic mass is 35.5. The van der Waals surface area contributed by atoms with Gasteiger partial charge in [0.05, 0.1) is 27.3 Å². The van der Waals surface area contributed by atoms with E-state index >= 15 is 0 Å². The third-order valence-electron chi connectivity index (χ3n) is 4.86. The van der Waals surface area contributed by atoms with Crippen LogP contribution in [0, 0.1) is 5.92 Å². The molecular weight excluding hydrogens is 435 g/mol. The number of para-hydroxylation sites is 1. The van der Waals surface area contributed by atoms with Crippen LogP contribution in [0.5, 0.6) is 0 Å². The second kappa shape index (κ2) is 9.65. The van der Waals surface area contributed by atoms with Crippen LogP contribution in [0.1, 0.15) is 12.8 Å². The standard InChI is InChI=1S/C20H21Cl3N4O2/c1-26(12-18(28)25-19-15(22)3-2-4-16(19)23)20(29)13-7-9-27(10-8-13)17-6-5-14(21)11-24-17/h2-6,11,13H,7-10,12H2,1H3,(H,25,28). The molecule has 1 aromatic carbocycles. The molecule has 1 aliphatic heterocycles. The lowest BCUT2D eigenvalue weighted by molar-refractivity contribution is -0.137. The highest BCUT2D eigenvalue weighted by molar-refractivity contribution is 6.39. The van der Waals surface area contributed by atoms with E-state index in [4.69, 9.17) is 34.8 Å². The van der Waals surface area contributed by atoms with Gasteiger partial charge in [-0.3, -0.25) is 9.59 Å². The number of aromatic nitrogens is 1. The lowest BCUT2D eigenvalue weighted by atomic mass is 9.95. The average molecular weight is 456 g/mol. The first-order valence-corrected chi connectivity index (χ1v) is 10.3. The largest absolute Gasteiger partial charge is 0.357 e. The fourth-order valence-corrected chi connectivity index (χ4v) is 3.92. The Hall–Kier alpha value is -2.02. The molecule has 0 unspecified atom stereocenters. The number of benzene rings is 1. The van der Waals surface area contributed by atoms with Gasteiger partial charge in [-0.2, -0.15) is 0 Å². The Morgan fingerprint density at radius 3 is 2.38 bits per heavy atom. The first-order chi connectivity index (χ1) is 13.8. The van der Waals surface area contributed by atoms with Crippen molar-refractivity contribution in [2.75, 3.05) is 36.9 Å². The lowest BCUT2D eigenvalue weighted by Crippen LogP contribution is -2.43. The number of rotatable bonds is 5. The van der Waals surface area contributed by atoms with E-state index in [2.05, 4.69) is 15.2 Å². The number of amides is 2. The van der Waals surface area contributed by atoms with Gasteiger partial charge in [-0.25, -0.2) is 4.98 Å². The number of carbonyl (C=O) groups excluding carboxylic acids is 2. The summed E-state index contributed by atoms with van der Waals surface area (Å²) in [6.45, 7) is 1.37. The Morgan fingerprint density at radius 1 is 1.14 bits per heavy atom. The molecule has 1 aromatic heterocycles. The topological polar surface area (TPSA) is 65.5 Å². The number of hydrogen-bond donors (Lipinski definition) is 1. The Labute approximate surface area is 184 Å². The molecule has 2 amide bonds. The predicted molar refractivity (Wildman–Crippen MR) is 117 cm³/mol. The molecule has 0 spiro atoms. The zero-order valence-corrected chi connectivity index (χ0v) is 18.1. The minimum absolute atomic E-state index is 0.0471. The Morgan fingerprint density at radius 2 is 1.79 bits per heavy atom. The number of piperidine rings is 1. The highest BCUT2D eigenvalue weighted by Gasteiger charge is 2.28. The monoisotopic (exact) mass is 454 g/mol. The van der Waals surface area contributed by atoms with Crippen LogP contribution in [0.3, 0.4) is 0 Å². The molecule has 0 atom stereocenters. The zero-order chi connectivity index (χ0) is 21.0. The summed E-state index contributed by atoms with van der Waals surface area (Å²) in [5.41, 5.74) is 0.352. The van der Waals surface area contributed by atoms with Gasteiger partial charge < -0.3 is 15.1 Å². The van der Waals surface area contributed by atoms with Crippen molar-refractivity contribution in [3.8, 4) is 0 Å².